The van der Waals surface area contributed by atoms with Crippen molar-refractivity contribution in [3.63, 3.8) is 0 Å². The van der Waals surface area contributed by atoms with Crippen LogP contribution >= 0.6 is 28.6 Å². The molecule has 19 heavy (non-hydrogen) atoms. The van der Waals surface area contributed by atoms with E-state index in [2.05, 4.69) is 38.3 Å². The average molecular weight is 345 g/mol. The lowest BCUT2D eigenvalue weighted by atomic mass is 10.1. The molecule has 1 amide bonds. The smallest absolute Gasteiger partial charge is 0.339 e. The van der Waals surface area contributed by atoms with Crippen LogP contribution in [0.15, 0.2) is 16.7 Å². The Morgan fingerprint density at radius 2 is 2.42 bits per heavy atom. The number of thiol groups is 1. The summed E-state index contributed by atoms with van der Waals surface area (Å²) in [5, 5.41) is 0. The minimum atomic E-state index is -0.458. The van der Waals surface area contributed by atoms with Crippen LogP contribution in [0.25, 0.3) is 0 Å². The molecule has 0 bridgehead atoms. The van der Waals surface area contributed by atoms with Crippen molar-refractivity contribution in [3.05, 3.63) is 22.3 Å². The Morgan fingerprint density at radius 1 is 1.68 bits per heavy atom. The fourth-order valence-electron chi connectivity index (χ4n) is 1.97. The van der Waals surface area contributed by atoms with Gasteiger partial charge in [0.2, 0.25) is 5.91 Å². The Hall–Kier alpha value is -1.08. The largest absolute Gasteiger partial charge is 0.465 e. The molecule has 102 valence electrons. The third-order valence-electron chi connectivity index (χ3n) is 2.96. The lowest BCUT2D eigenvalue weighted by molar-refractivity contribution is -0.117. The molecule has 1 saturated heterocycles. The van der Waals surface area contributed by atoms with Crippen LogP contribution in [0.3, 0.4) is 0 Å². The van der Waals surface area contributed by atoms with Gasteiger partial charge in [-0.2, -0.15) is 12.6 Å². The molecule has 7 heteroatoms. The quantitative estimate of drug-likeness (QED) is 0.672. The van der Waals surface area contributed by atoms with Gasteiger partial charge in [-0.25, -0.2) is 9.78 Å². The van der Waals surface area contributed by atoms with E-state index in [0.29, 0.717) is 34.6 Å². The summed E-state index contributed by atoms with van der Waals surface area (Å²) in [6.07, 6.45) is 1.89. The van der Waals surface area contributed by atoms with Crippen LogP contribution in [0, 0.1) is 5.92 Å². The van der Waals surface area contributed by atoms with E-state index in [9.17, 15) is 9.59 Å². The number of rotatable bonds is 3. The lowest BCUT2D eigenvalue weighted by Gasteiger charge is -2.17. The number of hydrogen-bond acceptors (Lipinski definition) is 5. The standard InChI is InChI=1S/C12H13BrN2O3S/c1-18-12(17)8-3-9(13)11(14-4-8)15-5-7(6-19)2-10(15)16/h3-4,7,19H,2,5-6H2,1H3. The number of ether oxygens (including phenoxy) is 1. The van der Waals surface area contributed by atoms with Crippen LogP contribution in [0.5, 0.6) is 0 Å². The van der Waals surface area contributed by atoms with E-state index in [1.165, 1.54) is 13.3 Å². The van der Waals surface area contributed by atoms with E-state index in [1.807, 2.05) is 0 Å². The first-order valence-corrected chi connectivity index (χ1v) is 7.14. The van der Waals surface area contributed by atoms with Gasteiger partial charge in [0.15, 0.2) is 0 Å². The molecular formula is C12H13BrN2O3S. The molecule has 0 radical (unpaired) electrons. The van der Waals surface area contributed by atoms with Crippen LogP contribution in [-0.4, -0.2) is 36.3 Å². The first-order chi connectivity index (χ1) is 9.06. The number of anilines is 1. The predicted molar refractivity (Wildman–Crippen MR) is 77.6 cm³/mol. The normalized spacial score (nSPS) is 18.8. The van der Waals surface area contributed by atoms with Crippen molar-refractivity contribution in [2.24, 2.45) is 5.92 Å². The van der Waals surface area contributed by atoms with E-state index in [4.69, 9.17) is 0 Å². The van der Waals surface area contributed by atoms with Crippen molar-refractivity contribution >= 4 is 46.3 Å². The molecule has 0 saturated carbocycles. The lowest BCUT2D eigenvalue weighted by Crippen LogP contribution is -2.26. The molecule has 2 heterocycles. The number of hydrogen-bond donors (Lipinski definition) is 1. The Morgan fingerprint density at radius 3 is 2.95 bits per heavy atom. The van der Waals surface area contributed by atoms with Gasteiger partial charge in [-0.05, 0) is 33.7 Å². The molecule has 5 nitrogen and oxygen atoms in total. The summed E-state index contributed by atoms with van der Waals surface area (Å²) in [6, 6.07) is 1.61. The van der Waals surface area contributed by atoms with Gasteiger partial charge >= 0.3 is 5.97 Å². The zero-order chi connectivity index (χ0) is 14.0. The average Bonchev–Trinajstić information content (AvgIpc) is 2.79. The molecule has 1 aromatic rings. The van der Waals surface area contributed by atoms with E-state index < -0.39 is 5.97 Å². The summed E-state index contributed by atoms with van der Waals surface area (Å²) in [4.78, 5) is 29.1. The van der Waals surface area contributed by atoms with Crippen LogP contribution in [-0.2, 0) is 9.53 Å². The van der Waals surface area contributed by atoms with Crippen LogP contribution < -0.4 is 4.90 Å². The number of carbonyl (C=O) groups is 2. The Bertz CT molecular complexity index is 524. The van der Waals surface area contributed by atoms with E-state index in [0.717, 1.165) is 0 Å². The molecule has 1 aromatic heterocycles. The topological polar surface area (TPSA) is 59.5 Å². The SMILES string of the molecule is COC(=O)c1cnc(N2CC(CS)CC2=O)c(Br)c1. The number of carbonyl (C=O) groups excluding carboxylic acids is 2. The monoisotopic (exact) mass is 344 g/mol. The fourth-order valence-corrected chi connectivity index (χ4v) is 2.77. The Balaban J connectivity index is 2.27. The second-order valence-electron chi connectivity index (χ2n) is 4.28. The summed E-state index contributed by atoms with van der Waals surface area (Å²) in [6.45, 7) is 0.603. The Labute approximate surface area is 124 Å². The van der Waals surface area contributed by atoms with Gasteiger partial charge in [0.05, 0.1) is 17.1 Å². The first-order valence-electron chi connectivity index (χ1n) is 5.72. The fraction of sp³-hybridized carbons (Fsp3) is 0.417. The van der Waals surface area contributed by atoms with Crippen molar-refractivity contribution in [3.8, 4) is 0 Å². The van der Waals surface area contributed by atoms with Gasteiger partial charge < -0.3 is 4.74 Å². The van der Waals surface area contributed by atoms with Crippen molar-refractivity contribution in [2.45, 2.75) is 6.42 Å². The highest BCUT2D eigenvalue weighted by molar-refractivity contribution is 9.10. The molecule has 0 aromatic carbocycles. The number of nitrogens with zero attached hydrogens (tertiary/aromatic N) is 2. The molecular weight excluding hydrogens is 332 g/mol. The van der Waals surface area contributed by atoms with Crippen molar-refractivity contribution in [1.29, 1.82) is 0 Å². The van der Waals surface area contributed by atoms with Crippen molar-refractivity contribution in [1.82, 2.24) is 4.98 Å². The van der Waals surface area contributed by atoms with E-state index >= 15 is 0 Å². The van der Waals surface area contributed by atoms with E-state index in [-0.39, 0.29) is 11.8 Å². The minimum absolute atomic E-state index is 0.0260. The minimum Gasteiger partial charge on any atom is -0.465 e. The summed E-state index contributed by atoms with van der Waals surface area (Å²) < 4.78 is 5.22. The van der Waals surface area contributed by atoms with Gasteiger partial charge in [-0.3, -0.25) is 9.69 Å². The maximum Gasteiger partial charge on any atom is 0.339 e. The highest BCUT2D eigenvalue weighted by Gasteiger charge is 2.31. The molecule has 1 atom stereocenters. The zero-order valence-corrected chi connectivity index (χ0v) is 12.8. The summed E-state index contributed by atoms with van der Waals surface area (Å²) in [5.74, 6) is 1.01. The van der Waals surface area contributed by atoms with Crippen LogP contribution in [0.2, 0.25) is 0 Å². The van der Waals surface area contributed by atoms with Gasteiger partial charge in [-0.1, -0.05) is 0 Å². The molecule has 0 N–H and O–H groups in total. The van der Waals surface area contributed by atoms with Crippen LogP contribution in [0.4, 0.5) is 5.82 Å². The molecule has 1 fully saturated rings. The molecule has 1 aliphatic heterocycles. The maximum atomic E-state index is 11.9. The number of esters is 1. The van der Waals surface area contributed by atoms with Gasteiger partial charge in [-0.15, -0.1) is 0 Å². The zero-order valence-electron chi connectivity index (χ0n) is 10.3. The first kappa shape index (κ1) is 14.3. The summed E-state index contributed by atoms with van der Waals surface area (Å²) in [5.41, 5.74) is 0.343. The summed E-state index contributed by atoms with van der Waals surface area (Å²) >= 11 is 7.56. The third kappa shape index (κ3) is 2.92. The third-order valence-corrected chi connectivity index (χ3v) is 4.06. The molecule has 1 unspecified atom stereocenters. The predicted octanol–water partition coefficient (Wildman–Crippen LogP) is 1.91. The number of pyridine rings is 1. The highest BCUT2D eigenvalue weighted by atomic mass is 79.9. The second-order valence-corrected chi connectivity index (χ2v) is 5.50. The molecule has 1 aliphatic rings. The van der Waals surface area contributed by atoms with Crippen molar-refractivity contribution in [2.75, 3.05) is 24.3 Å². The van der Waals surface area contributed by atoms with Crippen molar-refractivity contribution < 1.29 is 14.3 Å². The van der Waals surface area contributed by atoms with Gasteiger partial charge in [0.25, 0.3) is 0 Å². The molecule has 2 rings (SSSR count). The number of aromatic nitrogens is 1. The maximum absolute atomic E-state index is 11.9. The number of halogens is 1. The van der Waals surface area contributed by atoms with Crippen LogP contribution in [0.1, 0.15) is 16.8 Å². The molecule has 0 aliphatic carbocycles. The molecule has 0 spiro atoms. The summed E-state index contributed by atoms with van der Waals surface area (Å²) in [7, 11) is 1.31. The second kappa shape index (κ2) is 5.92. The van der Waals surface area contributed by atoms with E-state index in [1.54, 1.807) is 11.0 Å². The number of methoxy groups -OCH3 is 1. The highest BCUT2D eigenvalue weighted by Crippen LogP contribution is 2.30. The Kier molecular flexibility index (Phi) is 4.46. The van der Waals surface area contributed by atoms with Gasteiger partial charge in [0, 0.05) is 19.2 Å². The van der Waals surface area contributed by atoms with Gasteiger partial charge in [0.1, 0.15) is 5.82 Å². The number of amides is 1.